The van der Waals surface area contributed by atoms with Crippen molar-refractivity contribution in [2.24, 2.45) is 17.3 Å². The molecular formula is C16H12N4O4S. The summed E-state index contributed by atoms with van der Waals surface area (Å²) in [7, 11) is 1.90. The number of rotatable bonds is 3. The maximum absolute atomic E-state index is 11.2. The minimum Gasteiger partial charge on any atom is -0.454 e. The van der Waals surface area contributed by atoms with Crippen molar-refractivity contribution in [2.45, 2.75) is 0 Å². The Bertz CT molecular complexity index is 1080. The molecule has 2 aromatic carbocycles. The average Bonchev–Trinajstić information content (AvgIpc) is 3.19. The summed E-state index contributed by atoms with van der Waals surface area (Å²) in [6.45, 7) is 0.0507. The first kappa shape index (κ1) is 15.3. The number of aryl methyl sites for hydroxylation is 1. The highest BCUT2D eigenvalue weighted by molar-refractivity contribution is 7.16. The molecule has 0 aliphatic carbocycles. The second kappa shape index (κ2) is 6.02. The Morgan fingerprint density at radius 3 is 2.80 bits per heavy atom. The molecule has 1 aliphatic heterocycles. The van der Waals surface area contributed by atoms with Crippen LogP contribution >= 0.6 is 11.3 Å². The molecule has 1 aliphatic rings. The van der Waals surface area contributed by atoms with Crippen LogP contribution in [0.15, 0.2) is 46.6 Å². The number of nitrogens with zero attached hydrogens (tertiary/aromatic N) is 4. The summed E-state index contributed by atoms with van der Waals surface area (Å²) >= 11 is 1.49. The van der Waals surface area contributed by atoms with E-state index in [4.69, 9.17) is 9.47 Å². The summed E-state index contributed by atoms with van der Waals surface area (Å²) in [6.07, 6.45) is 1.35. The van der Waals surface area contributed by atoms with Gasteiger partial charge in [-0.3, -0.25) is 10.1 Å². The lowest BCUT2D eigenvalue weighted by Gasteiger charge is -1.99. The summed E-state index contributed by atoms with van der Waals surface area (Å²) < 4.78 is 13.4. The largest absolute Gasteiger partial charge is 0.454 e. The molecular weight excluding hydrogens is 344 g/mol. The van der Waals surface area contributed by atoms with E-state index in [1.54, 1.807) is 0 Å². The molecule has 126 valence electrons. The van der Waals surface area contributed by atoms with E-state index < -0.39 is 4.92 Å². The van der Waals surface area contributed by atoms with Crippen LogP contribution in [0.2, 0.25) is 0 Å². The van der Waals surface area contributed by atoms with E-state index in [0.29, 0.717) is 21.9 Å². The molecule has 0 fully saturated rings. The van der Waals surface area contributed by atoms with Gasteiger partial charge >= 0.3 is 0 Å². The van der Waals surface area contributed by atoms with Gasteiger partial charge < -0.3 is 14.0 Å². The first-order chi connectivity index (χ1) is 12.1. The van der Waals surface area contributed by atoms with Gasteiger partial charge in [0.05, 0.1) is 33.0 Å². The number of thiazole rings is 1. The fraction of sp³-hybridized carbons (Fsp3) is 0.125. The fourth-order valence-corrected chi connectivity index (χ4v) is 3.50. The number of para-hydroxylation sites is 1. The monoisotopic (exact) mass is 356 g/mol. The van der Waals surface area contributed by atoms with Crippen LogP contribution in [-0.4, -0.2) is 22.5 Å². The molecule has 0 saturated heterocycles. The zero-order valence-corrected chi connectivity index (χ0v) is 13.9. The van der Waals surface area contributed by atoms with E-state index in [1.807, 2.05) is 35.9 Å². The van der Waals surface area contributed by atoms with Crippen LogP contribution in [0.4, 0.5) is 5.69 Å². The first-order valence-electron chi connectivity index (χ1n) is 7.33. The van der Waals surface area contributed by atoms with Crippen molar-refractivity contribution in [1.29, 1.82) is 0 Å². The zero-order valence-electron chi connectivity index (χ0n) is 13.1. The summed E-state index contributed by atoms with van der Waals surface area (Å²) in [6, 6.07) is 10.8. The average molecular weight is 356 g/mol. The molecule has 25 heavy (non-hydrogen) atoms. The number of benzene rings is 2. The highest BCUT2D eigenvalue weighted by Crippen LogP contribution is 2.37. The molecule has 4 rings (SSSR count). The number of hydrogen-bond acceptors (Lipinski definition) is 7. The molecule has 0 unspecified atom stereocenters. The topological polar surface area (TPSA) is 91.2 Å². The van der Waals surface area contributed by atoms with E-state index in [2.05, 4.69) is 10.2 Å². The molecule has 0 amide bonds. The molecule has 0 radical (unpaired) electrons. The second-order valence-corrected chi connectivity index (χ2v) is 6.29. The summed E-state index contributed by atoms with van der Waals surface area (Å²) in [5.74, 6) is 0.816. The molecule has 1 aromatic heterocycles. The summed E-state index contributed by atoms with van der Waals surface area (Å²) in [4.78, 5) is 11.5. The van der Waals surface area contributed by atoms with Crippen LogP contribution in [0.25, 0.3) is 10.2 Å². The van der Waals surface area contributed by atoms with Gasteiger partial charge in [-0.05, 0) is 18.2 Å². The Labute approximate surface area is 145 Å². The molecule has 3 aromatic rings. The van der Waals surface area contributed by atoms with Gasteiger partial charge in [-0.15, -0.1) is 5.10 Å². The van der Waals surface area contributed by atoms with Crippen LogP contribution in [0, 0.1) is 10.1 Å². The van der Waals surface area contributed by atoms with Gasteiger partial charge in [0.2, 0.25) is 11.6 Å². The van der Waals surface area contributed by atoms with E-state index in [0.717, 1.165) is 10.2 Å². The Balaban J connectivity index is 1.74. The molecule has 9 heteroatoms. The third-order valence-corrected chi connectivity index (χ3v) is 4.88. The lowest BCUT2D eigenvalue weighted by atomic mass is 10.1. The van der Waals surface area contributed by atoms with Crippen molar-refractivity contribution in [3.05, 3.63) is 56.9 Å². The molecule has 0 bridgehead atoms. The van der Waals surface area contributed by atoms with Crippen molar-refractivity contribution in [2.75, 3.05) is 6.79 Å². The summed E-state index contributed by atoms with van der Waals surface area (Å²) in [5, 5.41) is 19.5. The number of ether oxygens (including phenoxy) is 2. The second-order valence-electron chi connectivity index (χ2n) is 5.28. The highest BCUT2D eigenvalue weighted by atomic mass is 32.1. The van der Waals surface area contributed by atoms with E-state index in [1.165, 1.54) is 29.7 Å². The molecule has 0 atom stereocenters. The van der Waals surface area contributed by atoms with Gasteiger partial charge in [0.25, 0.3) is 5.69 Å². The van der Waals surface area contributed by atoms with E-state index >= 15 is 0 Å². The van der Waals surface area contributed by atoms with Gasteiger partial charge in [0, 0.05) is 7.05 Å². The fourth-order valence-electron chi connectivity index (χ4n) is 2.53. The van der Waals surface area contributed by atoms with Crippen LogP contribution in [0.1, 0.15) is 5.56 Å². The van der Waals surface area contributed by atoms with Gasteiger partial charge in [-0.1, -0.05) is 23.5 Å². The van der Waals surface area contributed by atoms with Crippen molar-refractivity contribution >= 4 is 33.5 Å². The SMILES string of the molecule is Cn1/c(=N\N=C/c2cc3c(cc2[N+](=O)[O-])OCO3)sc2ccccc21. The van der Waals surface area contributed by atoms with Crippen molar-refractivity contribution in [3.8, 4) is 11.5 Å². The van der Waals surface area contributed by atoms with Gasteiger partial charge in [0.15, 0.2) is 11.5 Å². The number of aromatic nitrogens is 1. The lowest BCUT2D eigenvalue weighted by molar-refractivity contribution is -0.385. The minimum absolute atomic E-state index is 0.0507. The zero-order chi connectivity index (χ0) is 17.4. The van der Waals surface area contributed by atoms with Crippen LogP contribution < -0.4 is 14.3 Å². The van der Waals surface area contributed by atoms with Crippen molar-refractivity contribution in [1.82, 2.24) is 4.57 Å². The lowest BCUT2D eigenvalue weighted by Crippen LogP contribution is -2.08. The van der Waals surface area contributed by atoms with Gasteiger partial charge in [0.1, 0.15) is 0 Å². The minimum atomic E-state index is -0.483. The first-order valence-corrected chi connectivity index (χ1v) is 8.15. The highest BCUT2D eigenvalue weighted by Gasteiger charge is 2.22. The van der Waals surface area contributed by atoms with Gasteiger partial charge in [-0.25, -0.2) is 0 Å². The van der Waals surface area contributed by atoms with E-state index in [-0.39, 0.29) is 12.5 Å². The van der Waals surface area contributed by atoms with Crippen molar-refractivity contribution in [3.63, 3.8) is 0 Å². The Hall–Kier alpha value is -3.20. The van der Waals surface area contributed by atoms with E-state index in [9.17, 15) is 10.1 Å². The predicted octanol–water partition coefficient (Wildman–Crippen LogP) is 2.81. The Morgan fingerprint density at radius 1 is 1.28 bits per heavy atom. The smallest absolute Gasteiger partial charge is 0.282 e. The Morgan fingerprint density at radius 2 is 2.04 bits per heavy atom. The predicted molar refractivity (Wildman–Crippen MR) is 93.2 cm³/mol. The number of fused-ring (bicyclic) bond motifs is 2. The maximum atomic E-state index is 11.2. The standard InChI is InChI=1S/C16H12N4O4S/c1-19-11-4-2-3-5-15(11)25-16(19)18-17-8-10-6-13-14(24-9-23-13)7-12(10)20(21)22/h2-8H,9H2,1H3/b17-8-,18-16+. The number of nitro groups is 1. The van der Waals surface area contributed by atoms with Crippen LogP contribution in [-0.2, 0) is 7.05 Å². The summed E-state index contributed by atoms with van der Waals surface area (Å²) in [5.41, 5.74) is 1.25. The molecule has 8 nitrogen and oxygen atoms in total. The normalized spacial score (nSPS) is 13.9. The van der Waals surface area contributed by atoms with Crippen LogP contribution in [0.3, 0.4) is 0 Å². The quantitative estimate of drug-likeness (QED) is 0.410. The van der Waals surface area contributed by atoms with Gasteiger partial charge in [-0.2, -0.15) is 5.10 Å². The maximum Gasteiger partial charge on any atom is 0.282 e. The molecule has 2 heterocycles. The van der Waals surface area contributed by atoms with Crippen molar-refractivity contribution < 1.29 is 14.4 Å². The number of nitro benzene ring substituents is 1. The molecule has 0 N–H and O–H groups in total. The Kier molecular flexibility index (Phi) is 3.69. The molecule has 0 spiro atoms. The third kappa shape index (κ3) is 2.74. The third-order valence-electron chi connectivity index (χ3n) is 3.77. The van der Waals surface area contributed by atoms with Crippen LogP contribution in [0.5, 0.6) is 11.5 Å². The molecule has 0 saturated carbocycles. The number of hydrogen-bond donors (Lipinski definition) is 0.